The minimum absolute atomic E-state index is 0.0342. The van der Waals surface area contributed by atoms with Gasteiger partial charge in [-0.15, -0.1) is 0 Å². The number of methoxy groups -OCH3 is 1. The standard InChI is InChI=1S/C25H30N4O3/c1-27-24(31)21-16-28(15-18-5-4-10-26-14-18)17-22(21)25(27)8-11-29(12-9-25)23(30)19-6-3-7-20(13-19)32-2/h3-7,10,13-14,21-22H,8-9,11-12,15-17H2,1-2H3/t21-,22+/m0/s1. The third-order valence-electron chi connectivity index (χ3n) is 7.76. The molecule has 3 saturated heterocycles. The van der Waals surface area contributed by atoms with Gasteiger partial charge in [-0.3, -0.25) is 19.5 Å². The van der Waals surface area contributed by atoms with E-state index in [4.69, 9.17) is 4.74 Å². The molecule has 3 aliphatic heterocycles. The second-order valence-corrected chi connectivity index (χ2v) is 9.29. The minimum atomic E-state index is -0.156. The predicted octanol–water partition coefficient (Wildman–Crippen LogP) is 2.29. The highest BCUT2D eigenvalue weighted by Gasteiger charge is 2.60. The summed E-state index contributed by atoms with van der Waals surface area (Å²) in [4.78, 5) is 36.8. The normalized spacial score (nSPS) is 24.8. The van der Waals surface area contributed by atoms with Gasteiger partial charge < -0.3 is 14.5 Å². The van der Waals surface area contributed by atoms with Gasteiger partial charge in [-0.25, -0.2) is 0 Å². The number of ether oxygens (including phenoxy) is 1. The van der Waals surface area contributed by atoms with Gasteiger partial charge in [0.05, 0.1) is 18.6 Å². The van der Waals surface area contributed by atoms with E-state index < -0.39 is 0 Å². The van der Waals surface area contributed by atoms with Crippen molar-refractivity contribution in [2.75, 3.05) is 40.3 Å². The fraction of sp³-hybridized carbons (Fsp3) is 0.480. The summed E-state index contributed by atoms with van der Waals surface area (Å²) in [6, 6.07) is 11.4. The Bertz CT molecular complexity index is 1000. The molecule has 2 atom stereocenters. The van der Waals surface area contributed by atoms with Gasteiger partial charge in [0, 0.05) is 63.6 Å². The van der Waals surface area contributed by atoms with E-state index in [1.807, 2.05) is 47.3 Å². The Kier molecular flexibility index (Phi) is 5.37. The zero-order valence-corrected chi connectivity index (χ0v) is 18.7. The minimum Gasteiger partial charge on any atom is -0.497 e. The molecule has 0 bridgehead atoms. The van der Waals surface area contributed by atoms with Gasteiger partial charge in [0.25, 0.3) is 5.91 Å². The van der Waals surface area contributed by atoms with Crippen LogP contribution in [-0.4, -0.2) is 77.4 Å². The molecule has 32 heavy (non-hydrogen) atoms. The first-order chi connectivity index (χ1) is 15.5. The summed E-state index contributed by atoms with van der Waals surface area (Å²) in [5, 5.41) is 0. The summed E-state index contributed by atoms with van der Waals surface area (Å²) in [6.07, 6.45) is 5.34. The van der Waals surface area contributed by atoms with Gasteiger partial charge in [-0.2, -0.15) is 0 Å². The summed E-state index contributed by atoms with van der Waals surface area (Å²) in [7, 11) is 3.57. The highest BCUT2D eigenvalue weighted by molar-refractivity contribution is 5.94. The molecular weight excluding hydrogens is 404 g/mol. The fourth-order valence-electron chi connectivity index (χ4n) is 6.02. The van der Waals surface area contributed by atoms with Crippen LogP contribution in [0.3, 0.4) is 0 Å². The van der Waals surface area contributed by atoms with E-state index in [0.717, 1.165) is 32.5 Å². The molecule has 1 spiro atoms. The number of amides is 2. The van der Waals surface area contributed by atoms with Crippen LogP contribution in [-0.2, 0) is 11.3 Å². The average molecular weight is 435 g/mol. The zero-order valence-electron chi connectivity index (χ0n) is 18.7. The van der Waals surface area contributed by atoms with Crippen molar-refractivity contribution >= 4 is 11.8 Å². The first-order valence-electron chi connectivity index (χ1n) is 11.3. The summed E-state index contributed by atoms with van der Waals surface area (Å²) >= 11 is 0. The van der Waals surface area contributed by atoms with Gasteiger partial charge in [-0.1, -0.05) is 12.1 Å². The number of aromatic nitrogens is 1. The van der Waals surface area contributed by atoms with Crippen LogP contribution in [0.25, 0.3) is 0 Å². The molecule has 168 valence electrons. The van der Waals surface area contributed by atoms with E-state index in [1.54, 1.807) is 19.4 Å². The summed E-state index contributed by atoms with van der Waals surface area (Å²) < 4.78 is 5.27. The molecule has 1 aromatic heterocycles. The van der Waals surface area contributed by atoms with Gasteiger partial charge in [0.15, 0.2) is 0 Å². The maximum absolute atomic E-state index is 13.2. The molecular formula is C25H30N4O3. The number of carbonyl (C=O) groups excluding carboxylic acids is 2. The largest absolute Gasteiger partial charge is 0.497 e. The van der Waals surface area contributed by atoms with E-state index in [9.17, 15) is 9.59 Å². The number of fused-ring (bicyclic) bond motifs is 2. The van der Waals surface area contributed by atoms with Crippen LogP contribution in [0.5, 0.6) is 5.75 Å². The molecule has 0 N–H and O–H groups in total. The third-order valence-corrected chi connectivity index (χ3v) is 7.76. The Hall–Kier alpha value is -2.93. The fourth-order valence-corrected chi connectivity index (χ4v) is 6.02. The topological polar surface area (TPSA) is 66.0 Å². The number of likely N-dealkylation sites (tertiary alicyclic amines) is 3. The number of rotatable bonds is 4. The van der Waals surface area contributed by atoms with Gasteiger partial charge in [0.1, 0.15) is 5.75 Å². The van der Waals surface area contributed by atoms with E-state index in [0.29, 0.717) is 30.3 Å². The molecule has 2 amide bonds. The first-order valence-corrected chi connectivity index (χ1v) is 11.3. The predicted molar refractivity (Wildman–Crippen MR) is 120 cm³/mol. The highest BCUT2D eigenvalue weighted by Crippen LogP contribution is 2.49. The Balaban J connectivity index is 1.29. The molecule has 0 aliphatic carbocycles. The van der Waals surface area contributed by atoms with E-state index in [2.05, 4.69) is 16.0 Å². The summed E-state index contributed by atoms with van der Waals surface area (Å²) in [6.45, 7) is 3.88. The number of pyridine rings is 1. The van der Waals surface area contributed by atoms with Crippen LogP contribution in [0, 0.1) is 11.8 Å². The second kappa shape index (κ2) is 8.20. The van der Waals surface area contributed by atoms with Crippen molar-refractivity contribution in [3.05, 3.63) is 59.9 Å². The Morgan fingerprint density at radius 2 is 2.00 bits per heavy atom. The molecule has 3 aliphatic rings. The number of carbonyl (C=O) groups is 2. The van der Waals surface area contributed by atoms with Crippen molar-refractivity contribution in [3.63, 3.8) is 0 Å². The molecule has 3 fully saturated rings. The molecule has 2 aromatic rings. The van der Waals surface area contributed by atoms with Gasteiger partial charge in [0.2, 0.25) is 5.91 Å². The highest BCUT2D eigenvalue weighted by atomic mass is 16.5. The monoisotopic (exact) mass is 434 g/mol. The van der Waals surface area contributed by atoms with Crippen molar-refractivity contribution in [1.29, 1.82) is 0 Å². The molecule has 4 heterocycles. The molecule has 7 heteroatoms. The second-order valence-electron chi connectivity index (χ2n) is 9.29. The lowest BCUT2D eigenvalue weighted by molar-refractivity contribution is -0.133. The molecule has 0 radical (unpaired) electrons. The number of nitrogens with zero attached hydrogens (tertiary/aromatic N) is 4. The van der Waals surface area contributed by atoms with Crippen LogP contribution in [0.4, 0.5) is 0 Å². The number of benzene rings is 1. The van der Waals surface area contributed by atoms with Crippen LogP contribution in [0.2, 0.25) is 0 Å². The zero-order chi connectivity index (χ0) is 22.3. The lowest BCUT2D eigenvalue weighted by Crippen LogP contribution is -2.56. The summed E-state index contributed by atoms with van der Waals surface area (Å²) in [5.74, 6) is 1.35. The molecule has 5 rings (SSSR count). The van der Waals surface area contributed by atoms with Crippen molar-refractivity contribution < 1.29 is 14.3 Å². The van der Waals surface area contributed by atoms with E-state index in [1.165, 1.54) is 5.56 Å². The average Bonchev–Trinajstić information content (AvgIpc) is 3.34. The third kappa shape index (κ3) is 3.45. The first kappa shape index (κ1) is 20.9. The SMILES string of the molecule is COc1cccc(C(=O)N2CCC3(CC2)[C@@H]2CN(Cc4cccnc4)C[C@@H]2C(=O)N3C)c1. The lowest BCUT2D eigenvalue weighted by atomic mass is 9.75. The Morgan fingerprint density at radius 1 is 1.19 bits per heavy atom. The van der Waals surface area contributed by atoms with Crippen molar-refractivity contribution in [3.8, 4) is 5.75 Å². The van der Waals surface area contributed by atoms with Crippen molar-refractivity contribution in [2.45, 2.75) is 24.9 Å². The van der Waals surface area contributed by atoms with E-state index in [-0.39, 0.29) is 23.3 Å². The van der Waals surface area contributed by atoms with Crippen molar-refractivity contribution in [1.82, 2.24) is 19.7 Å². The van der Waals surface area contributed by atoms with Gasteiger partial charge in [-0.05, 0) is 42.7 Å². The molecule has 0 saturated carbocycles. The smallest absolute Gasteiger partial charge is 0.253 e. The Morgan fingerprint density at radius 3 is 2.72 bits per heavy atom. The Labute approximate surface area is 189 Å². The quantitative estimate of drug-likeness (QED) is 0.739. The maximum atomic E-state index is 13.2. The van der Waals surface area contributed by atoms with Crippen molar-refractivity contribution in [2.24, 2.45) is 11.8 Å². The number of hydrogen-bond acceptors (Lipinski definition) is 5. The van der Waals surface area contributed by atoms with Gasteiger partial charge >= 0.3 is 0 Å². The van der Waals surface area contributed by atoms with E-state index >= 15 is 0 Å². The van der Waals surface area contributed by atoms with Crippen LogP contribution in [0.1, 0.15) is 28.8 Å². The molecule has 1 aromatic carbocycles. The van der Waals surface area contributed by atoms with Crippen LogP contribution in [0.15, 0.2) is 48.8 Å². The molecule has 7 nitrogen and oxygen atoms in total. The number of hydrogen-bond donors (Lipinski definition) is 0. The lowest BCUT2D eigenvalue weighted by Gasteiger charge is -2.46. The molecule has 0 unspecified atom stereocenters. The maximum Gasteiger partial charge on any atom is 0.253 e. The summed E-state index contributed by atoms with van der Waals surface area (Å²) in [5.41, 5.74) is 1.68. The number of piperidine rings is 1. The van der Waals surface area contributed by atoms with Crippen LogP contribution >= 0.6 is 0 Å². The van der Waals surface area contributed by atoms with Crippen LogP contribution < -0.4 is 4.74 Å².